The van der Waals surface area contributed by atoms with Crippen LogP contribution in [0.3, 0.4) is 0 Å². The minimum absolute atomic E-state index is 0.0280. The van der Waals surface area contributed by atoms with Gasteiger partial charge in [-0.2, -0.15) is 5.26 Å². The van der Waals surface area contributed by atoms with E-state index >= 15 is 0 Å². The number of fused-ring (bicyclic) bond motifs is 1. The molecule has 2 aliphatic rings. The summed E-state index contributed by atoms with van der Waals surface area (Å²) in [6, 6.07) is 2.24. The summed E-state index contributed by atoms with van der Waals surface area (Å²) in [6.07, 6.45) is 4.72. The molecule has 20 heavy (non-hydrogen) atoms. The molecule has 2 saturated heterocycles. The highest BCUT2D eigenvalue weighted by atomic mass is 16.6. The number of ether oxygens (including phenoxy) is 2. The molecular weight excluding hydrogens is 258 g/mol. The second-order valence-corrected chi connectivity index (χ2v) is 6.12. The van der Waals surface area contributed by atoms with Gasteiger partial charge in [-0.3, -0.25) is 0 Å². The molecule has 0 amide bonds. The van der Waals surface area contributed by atoms with Gasteiger partial charge in [0.15, 0.2) is 0 Å². The van der Waals surface area contributed by atoms with E-state index in [2.05, 4.69) is 6.07 Å². The van der Waals surface area contributed by atoms with Crippen LogP contribution < -0.4 is 0 Å². The summed E-state index contributed by atoms with van der Waals surface area (Å²) in [5.74, 6) is -0.0280. The van der Waals surface area contributed by atoms with Gasteiger partial charge >= 0.3 is 0 Å². The molecule has 0 bridgehead atoms. The normalized spacial score (nSPS) is 38.2. The standard InChI is InChI=1S/C15H25NO4/c1-11(9-16)7-12-4-5-14-15(10-18,20-12)8-13(19-14)3-2-6-17/h11-14,17-18H,2-8,10H2,1H3/t11-,12?,13?,14?,15?/m1/s1. The molecular formula is C15H25NO4. The number of hydrogen-bond acceptors (Lipinski definition) is 5. The van der Waals surface area contributed by atoms with Crippen LogP contribution in [0.25, 0.3) is 0 Å². The van der Waals surface area contributed by atoms with Gasteiger partial charge in [-0.15, -0.1) is 0 Å². The van der Waals surface area contributed by atoms with Crippen LogP contribution in [0.1, 0.15) is 45.4 Å². The van der Waals surface area contributed by atoms with Crippen molar-refractivity contribution in [2.45, 2.75) is 69.4 Å². The van der Waals surface area contributed by atoms with Gasteiger partial charge in [0, 0.05) is 18.9 Å². The zero-order valence-corrected chi connectivity index (χ0v) is 12.1. The molecule has 2 rings (SSSR count). The van der Waals surface area contributed by atoms with Gasteiger partial charge in [0.2, 0.25) is 0 Å². The molecule has 2 aliphatic heterocycles. The molecule has 0 aromatic heterocycles. The Morgan fingerprint density at radius 2 is 2.15 bits per heavy atom. The molecule has 0 saturated carbocycles. The molecule has 0 aliphatic carbocycles. The van der Waals surface area contributed by atoms with E-state index in [0.29, 0.717) is 19.3 Å². The number of aliphatic hydroxyl groups is 2. The molecule has 2 heterocycles. The molecule has 5 heteroatoms. The first kappa shape index (κ1) is 15.7. The van der Waals surface area contributed by atoms with E-state index < -0.39 is 5.60 Å². The van der Waals surface area contributed by atoms with E-state index in [9.17, 15) is 5.11 Å². The fraction of sp³-hybridized carbons (Fsp3) is 0.933. The number of nitriles is 1. The van der Waals surface area contributed by atoms with Crippen molar-refractivity contribution < 1.29 is 19.7 Å². The Labute approximate surface area is 120 Å². The Morgan fingerprint density at radius 1 is 1.35 bits per heavy atom. The summed E-state index contributed by atoms with van der Waals surface area (Å²) >= 11 is 0. The van der Waals surface area contributed by atoms with Crippen molar-refractivity contribution in [2.24, 2.45) is 5.92 Å². The second-order valence-electron chi connectivity index (χ2n) is 6.12. The zero-order chi connectivity index (χ0) is 14.6. The first-order valence-electron chi connectivity index (χ1n) is 7.58. The Balaban J connectivity index is 1.96. The lowest BCUT2D eigenvalue weighted by molar-refractivity contribution is -0.185. The number of hydrogen-bond donors (Lipinski definition) is 2. The second kappa shape index (κ2) is 6.86. The Hall–Kier alpha value is -0.670. The van der Waals surface area contributed by atoms with Crippen LogP contribution in [0.4, 0.5) is 0 Å². The van der Waals surface area contributed by atoms with Crippen LogP contribution >= 0.6 is 0 Å². The van der Waals surface area contributed by atoms with Crippen molar-refractivity contribution in [1.29, 1.82) is 5.26 Å². The van der Waals surface area contributed by atoms with Gasteiger partial charge in [-0.25, -0.2) is 0 Å². The Kier molecular flexibility index (Phi) is 5.39. The highest BCUT2D eigenvalue weighted by Crippen LogP contribution is 2.43. The van der Waals surface area contributed by atoms with Crippen molar-refractivity contribution in [1.82, 2.24) is 0 Å². The van der Waals surface area contributed by atoms with Crippen molar-refractivity contribution in [3.8, 4) is 6.07 Å². The maximum atomic E-state index is 9.78. The fourth-order valence-corrected chi connectivity index (χ4v) is 3.41. The summed E-state index contributed by atoms with van der Waals surface area (Å²) in [6.45, 7) is 2.03. The highest BCUT2D eigenvalue weighted by molar-refractivity contribution is 5.01. The average molecular weight is 283 g/mol. The quantitative estimate of drug-likeness (QED) is 0.769. The van der Waals surface area contributed by atoms with Crippen LogP contribution in [0.15, 0.2) is 0 Å². The summed E-state index contributed by atoms with van der Waals surface area (Å²) in [5.41, 5.74) is -0.599. The third-order valence-electron chi connectivity index (χ3n) is 4.46. The van der Waals surface area contributed by atoms with E-state index in [1.54, 1.807) is 0 Å². The Morgan fingerprint density at radius 3 is 2.80 bits per heavy atom. The maximum Gasteiger partial charge on any atom is 0.120 e. The summed E-state index contributed by atoms with van der Waals surface area (Å²) in [5, 5.41) is 27.6. The van der Waals surface area contributed by atoms with Crippen LogP contribution in [0, 0.1) is 17.2 Å². The van der Waals surface area contributed by atoms with E-state index in [4.69, 9.17) is 19.8 Å². The van der Waals surface area contributed by atoms with E-state index in [-0.39, 0.29) is 37.4 Å². The summed E-state index contributed by atoms with van der Waals surface area (Å²) in [4.78, 5) is 0. The van der Waals surface area contributed by atoms with Crippen molar-refractivity contribution in [2.75, 3.05) is 13.2 Å². The summed E-state index contributed by atoms with van der Waals surface area (Å²) < 4.78 is 12.1. The van der Waals surface area contributed by atoms with E-state index in [1.165, 1.54) is 0 Å². The zero-order valence-electron chi connectivity index (χ0n) is 12.1. The number of rotatable bonds is 6. The minimum atomic E-state index is -0.599. The largest absolute Gasteiger partial charge is 0.396 e. The summed E-state index contributed by atoms with van der Waals surface area (Å²) in [7, 11) is 0. The van der Waals surface area contributed by atoms with Crippen LogP contribution in [-0.4, -0.2) is 47.3 Å². The first-order chi connectivity index (χ1) is 9.63. The van der Waals surface area contributed by atoms with Gasteiger partial charge in [-0.05, 0) is 39.0 Å². The molecule has 0 aromatic carbocycles. The maximum absolute atomic E-state index is 9.78. The van der Waals surface area contributed by atoms with Gasteiger partial charge in [0.05, 0.1) is 31.0 Å². The molecule has 4 unspecified atom stereocenters. The van der Waals surface area contributed by atoms with Crippen LogP contribution in [-0.2, 0) is 9.47 Å². The molecule has 2 N–H and O–H groups in total. The first-order valence-corrected chi connectivity index (χ1v) is 7.58. The lowest BCUT2D eigenvalue weighted by atomic mass is 9.85. The molecule has 0 radical (unpaired) electrons. The van der Waals surface area contributed by atoms with Gasteiger partial charge < -0.3 is 19.7 Å². The highest BCUT2D eigenvalue weighted by Gasteiger charge is 2.52. The van der Waals surface area contributed by atoms with Crippen molar-refractivity contribution in [3.05, 3.63) is 0 Å². The average Bonchev–Trinajstić information content (AvgIpc) is 2.83. The lowest BCUT2D eigenvalue weighted by Gasteiger charge is -2.41. The monoisotopic (exact) mass is 283 g/mol. The number of aliphatic hydroxyl groups excluding tert-OH is 2. The van der Waals surface area contributed by atoms with E-state index in [1.807, 2.05) is 6.92 Å². The molecule has 2 fully saturated rings. The Bertz CT molecular complexity index is 356. The third kappa shape index (κ3) is 3.32. The smallest absolute Gasteiger partial charge is 0.120 e. The molecule has 5 atom stereocenters. The molecule has 5 nitrogen and oxygen atoms in total. The minimum Gasteiger partial charge on any atom is -0.396 e. The predicted molar refractivity (Wildman–Crippen MR) is 72.9 cm³/mol. The van der Waals surface area contributed by atoms with Crippen LogP contribution in [0.2, 0.25) is 0 Å². The molecule has 114 valence electrons. The van der Waals surface area contributed by atoms with Gasteiger partial charge in [0.1, 0.15) is 5.60 Å². The lowest BCUT2D eigenvalue weighted by Crippen LogP contribution is -2.51. The topological polar surface area (TPSA) is 82.7 Å². The SMILES string of the molecule is C[C@@H](C#N)CC1CCC2OC(CCCO)CC2(CO)O1. The van der Waals surface area contributed by atoms with E-state index in [0.717, 1.165) is 19.3 Å². The van der Waals surface area contributed by atoms with Gasteiger partial charge in [-0.1, -0.05) is 0 Å². The fourth-order valence-electron chi connectivity index (χ4n) is 3.41. The van der Waals surface area contributed by atoms with Crippen LogP contribution in [0.5, 0.6) is 0 Å². The third-order valence-corrected chi connectivity index (χ3v) is 4.46. The molecule has 0 aromatic rings. The van der Waals surface area contributed by atoms with Gasteiger partial charge in [0.25, 0.3) is 0 Å². The molecule has 0 spiro atoms. The predicted octanol–water partition coefficient (Wildman–Crippen LogP) is 1.38. The van der Waals surface area contributed by atoms with Crippen molar-refractivity contribution >= 4 is 0 Å². The van der Waals surface area contributed by atoms with Crippen molar-refractivity contribution in [3.63, 3.8) is 0 Å². The number of nitrogens with zero attached hydrogens (tertiary/aromatic N) is 1.